The van der Waals surface area contributed by atoms with Crippen LogP contribution in [0.25, 0.3) is 33.3 Å². The number of aryl methyl sites for hydroxylation is 1. The van der Waals surface area contributed by atoms with Crippen molar-refractivity contribution in [2.75, 3.05) is 0 Å². The van der Waals surface area contributed by atoms with E-state index in [1.807, 2.05) is 30.3 Å². The number of benzene rings is 2. The Balaban J connectivity index is 1.51. The summed E-state index contributed by atoms with van der Waals surface area (Å²) < 4.78 is 42.2. The number of carbonyl (C=O) groups is 2. The number of alkyl halides is 3. The monoisotopic (exact) mass is 617 g/mol. The van der Waals surface area contributed by atoms with Gasteiger partial charge in [0.05, 0.1) is 23.5 Å². The van der Waals surface area contributed by atoms with Crippen molar-refractivity contribution < 1.29 is 37.7 Å². The average Bonchev–Trinajstić information content (AvgIpc) is 3.04. The number of ether oxygens (including phenoxy) is 1. The largest absolute Gasteiger partial charge is 0.506 e. The second-order valence-electron chi connectivity index (χ2n) is 9.96. The SMILES string of the molecule is Cc1ncc(CO)c(CNC(=O)c2nccc3nc(-c4ccc(C(N)OC(=O)C(F)(F)F)cc4)c(-c4ccccc4)cc23)c1O. The van der Waals surface area contributed by atoms with Gasteiger partial charge in [0.2, 0.25) is 0 Å². The molecule has 0 aliphatic heterocycles. The molecular formula is C32H26F3N5O5. The molecule has 5 rings (SSSR count). The lowest BCUT2D eigenvalue weighted by atomic mass is 9.96. The number of halogens is 3. The normalized spacial score (nSPS) is 12.1. The van der Waals surface area contributed by atoms with E-state index in [-0.39, 0.29) is 30.2 Å². The number of amides is 1. The third-order valence-electron chi connectivity index (χ3n) is 7.05. The van der Waals surface area contributed by atoms with E-state index in [0.717, 1.165) is 5.56 Å². The first-order chi connectivity index (χ1) is 21.5. The first-order valence-electron chi connectivity index (χ1n) is 13.5. The molecule has 230 valence electrons. The van der Waals surface area contributed by atoms with Crippen molar-refractivity contribution in [1.29, 1.82) is 0 Å². The number of aliphatic hydroxyl groups excluding tert-OH is 1. The van der Waals surface area contributed by atoms with Crippen LogP contribution in [0.2, 0.25) is 0 Å². The molecule has 0 spiro atoms. The number of aliphatic hydroxyl groups is 1. The second-order valence-corrected chi connectivity index (χ2v) is 9.96. The highest BCUT2D eigenvalue weighted by atomic mass is 19.4. The molecule has 0 aliphatic carbocycles. The lowest BCUT2D eigenvalue weighted by molar-refractivity contribution is -0.205. The van der Waals surface area contributed by atoms with Gasteiger partial charge >= 0.3 is 12.1 Å². The van der Waals surface area contributed by atoms with Crippen LogP contribution in [-0.2, 0) is 22.7 Å². The van der Waals surface area contributed by atoms with Crippen molar-refractivity contribution in [3.05, 3.63) is 107 Å². The lowest BCUT2D eigenvalue weighted by Crippen LogP contribution is -2.29. The zero-order valence-corrected chi connectivity index (χ0v) is 23.7. The summed E-state index contributed by atoms with van der Waals surface area (Å²) in [7, 11) is 0. The maximum absolute atomic E-state index is 13.4. The number of pyridine rings is 3. The van der Waals surface area contributed by atoms with E-state index in [9.17, 15) is 33.0 Å². The number of hydrogen-bond acceptors (Lipinski definition) is 9. The van der Waals surface area contributed by atoms with Crippen LogP contribution in [0.3, 0.4) is 0 Å². The van der Waals surface area contributed by atoms with Gasteiger partial charge in [0.15, 0.2) is 6.23 Å². The number of rotatable bonds is 8. The van der Waals surface area contributed by atoms with Crippen LogP contribution in [0.4, 0.5) is 13.2 Å². The van der Waals surface area contributed by atoms with E-state index in [1.54, 1.807) is 31.2 Å². The molecule has 3 aromatic heterocycles. The fourth-order valence-electron chi connectivity index (χ4n) is 4.69. The fourth-order valence-corrected chi connectivity index (χ4v) is 4.69. The summed E-state index contributed by atoms with van der Waals surface area (Å²) in [6.45, 7) is 1.14. The Hall–Kier alpha value is -5.40. The topological polar surface area (TPSA) is 161 Å². The fraction of sp³-hybridized carbons (Fsp3) is 0.156. The van der Waals surface area contributed by atoms with E-state index in [0.29, 0.717) is 44.5 Å². The van der Waals surface area contributed by atoms with Crippen LogP contribution < -0.4 is 11.1 Å². The van der Waals surface area contributed by atoms with Gasteiger partial charge in [0.1, 0.15) is 11.4 Å². The molecule has 0 saturated carbocycles. The summed E-state index contributed by atoms with van der Waals surface area (Å²) in [6.07, 6.45) is -3.95. The van der Waals surface area contributed by atoms with Crippen molar-refractivity contribution in [2.24, 2.45) is 5.73 Å². The van der Waals surface area contributed by atoms with Gasteiger partial charge in [-0.05, 0) is 24.6 Å². The van der Waals surface area contributed by atoms with E-state index in [4.69, 9.17) is 10.7 Å². The first kappa shape index (κ1) is 31.0. The smallest absolute Gasteiger partial charge is 0.490 e. The van der Waals surface area contributed by atoms with Crippen molar-refractivity contribution >= 4 is 22.8 Å². The number of hydrogen-bond donors (Lipinski definition) is 4. The standard InChI is InChI=1S/C32H26F3N5O5/c1-17-28(42)24(21(16-41)14-38-17)15-39-30(43)27-23-13-22(18-5-3-2-4-6-18)26(40-25(23)11-12-37-27)19-7-9-20(10-8-19)29(36)45-31(44)32(33,34)35/h2-14,29,41-42H,15-16,36H2,1H3,(H,39,43). The first-order valence-corrected chi connectivity index (χ1v) is 13.5. The third kappa shape index (κ3) is 6.59. The summed E-state index contributed by atoms with van der Waals surface area (Å²) in [6, 6.07) is 18.7. The molecule has 0 bridgehead atoms. The Labute approximate surface area is 254 Å². The number of fused-ring (bicyclic) bond motifs is 1. The van der Waals surface area contributed by atoms with Crippen LogP contribution in [0.15, 0.2) is 79.1 Å². The minimum absolute atomic E-state index is 0.0762. The van der Waals surface area contributed by atoms with Crippen LogP contribution >= 0.6 is 0 Å². The minimum Gasteiger partial charge on any atom is -0.506 e. The minimum atomic E-state index is -5.18. The predicted octanol–water partition coefficient (Wildman–Crippen LogP) is 4.86. The molecule has 10 nitrogen and oxygen atoms in total. The second kappa shape index (κ2) is 12.7. The van der Waals surface area contributed by atoms with E-state index in [1.165, 1.54) is 24.5 Å². The molecule has 0 saturated heterocycles. The Morgan fingerprint density at radius 1 is 1.02 bits per heavy atom. The number of aromatic hydroxyl groups is 1. The zero-order valence-electron chi connectivity index (χ0n) is 23.7. The van der Waals surface area contributed by atoms with E-state index >= 15 is 0 Å². The summed E-state index contributed by atoms with van der Waals surface area (Å²) in [4.78, 5) is 37.8. The summed E-state index contributed by atoms with van der Waals surface area (Å²) in [5.41, 5.74) is 9.87. The highest BCUT2D eigenvalue weighted by molar-refractivity contribution is 6.06. The van der Waals surface area contributed by atoms with Crippen molar-refractivity contribution in [3.63, 3.8) is 0 Å². The van der Waals surface area contributed by atoms with Gasteiger partial charge in [0, 0.05) is 52.1 Å². The molecular weight excluding hydrogens is 591 g/mol. The quantitative estimate of drug-likeness (QED) is 0.141. The third-order valence-corrected chi connectivity index (χ3v) is 7.05. The van der Waals surface area contributed by atoms with Gasteiger partial charge < -0.3 is 20.3 Å². The molecule has 2 aromatic carbocycles. The molecule has 1 amide bonds. The van der Waals surface area contributed by atoms with Crippen molar-refractivity contribution in [2.45, 2.75) is 32.5 Å². The zero-order chi connectivity index (χ0) is 32.3. The highest BCUT2D eigenvalue weighted by Crippen LogP contribution is 2.35. The Morgan fingerprint density at radius 2 is 1.73 bits per heavy atom. The summed E-state index contributed by atoms with van der Waals surface area (Å²) in [5, 5.41) is 23.3. The van der Waals surface area contributed by atoms with E-state index < -0.39 is 24.3 Å². The highest BCUT2D eigenvalue weighted by Gasteiger charge is 2.42. The van der Waals surface area contributed by atoms with Crippen LogP contribution in [0, 0.1) is 6.92 Å². The van der Waals surface area contributed by atoms with Crippen LogP contribution in [-0.4, -0.2) is 43.2 Å². The Morgan fingerprint density at radius 3 is 2.40 bits per heavy atom. The molecule has 13 heteroatoms. The van der Waals surface area contributed by atoms with Gasteiger partial charge in [-0.25, -0.2) is 9.78 Å². The average molecular weight is 618 g/mol. The molecule has 1 atom stereocenters. The number of aromatic nitrogens is 3. The van der Waals surface area contributed by atoms with Crippen molar-refractivity contribution in [1.82, 2.24) is 20.3 Å². The number of nitrogens with zero attached hydrogens (tertiary/aromatic N) is 3. The maximum Gasteiger partial charge on any atom is 0.490 e. The molecule has 5 aromatic rings. The number of carbonyl (C=O) groups excluding carboxylic acids is 2. The molecule has 3 heterocycles. The molecule has 0 radical (unpaired) electrons. The Bertz CT molecular complexity index is 1880. The van der Waals surface area contributed by atoms with Gasteiger partial charge in [-0.3, -0.25) is 20.5 Å². The van der Waals surface area contributed by atoms with Crippen molar-refractivity contribution in [3.8, 4) is 28.1 Å². The molecule has 5 N–H and O–H groups in total. The molecule has 0 aliphatic rings. The number of nitrogens with two attached hydrogens (primary N) is 1. The molecule has 0 fully saturated rings. The summed E-state index contributed by atoms with van der Waals surface area (Å²) in [5.74, 6) is -3.06. The van der Waals surface area contributed by atoms with E-state index in [2.05, 4.69) is 20.0 Å². The number of nitrogens with one attached hydrogen (secondary N) is 1. The predicted molar refractivity (Wildman–Crippen MR) is 157 cm³/mol. The lowest BCUT2D eigenvalue weighted by Gasteiger charge is -2.16. The molecule has 45 heavy (non-hydrogen) atoms. The van der Waals surface area contributed by atoms with Gasteiger partial charge in [0.25, 0.3) is 5.91 Å². The Kier molecular flexibility index (Phi) is 8.75. The van der Waals surface area contributed by atoms with Gasteiger partial charge in [-0.2, -0.15) is 13.2 Å². The number of esters is 1. The molecule has 1 unspecified atom stereocenters. The maximum atomic E-state index is 13.4. The van der Waals surface area contributed by atoms with Crippen LogP contribution in [0.1, 0.15) is 39.1 Å². The summed E-state index contributed by atoms with van der Waals surface area (Å²) >= 11 is 0. The van der Waals surface area contributed by atoms with Gasteiger partial charge in [-0.1, -0.05) is 54.6 Å². The van der Waals surface area contributed by atoms with Gasteiger partial charge in [-0.15, -0.1) is 0 Å². The van der Waals surface area contributed by atoms with Crippen LogP contribution in [0.5, 0.6) is 5.75 Å².